The average molecular weight is 470 g/mol. The fraction of sp³-hybridized carbons (Fsp3) is 0.536. The Kier molecular flexibility index (Phi) is 13.2. The van der Waals surface area contributed by atoms with Gasteiger partial charge in [-0.1, -0.05) is 61.5 Å². The predicted octanol–water partition coefficient (Wildman–Crippen LogP) is 5.92. The third kappa shape index (κ3) is 10.8. The monoisotopic (exact) mass is 469 g/mol. The van der Waals surface area contributed by atoms with Crippen LogP contribution in [0.25, 0.3) is 0 Å². The summed E-state index contributed by atoms with van der Waals surface area (Å²) in [6.45, 7) is 12.5. The lowest BCUT2D eigenvalue weighted by molar-refractivity contribution is -0.136. The van der Waals surface area contributed by atoms with Gasteiger partial charge in [0.2, 0.25) is 5.91 Å². The zero-order chi connectivity index (χ0) is 23.9. The molecule has 0 spiro atoms. The van der Waals surface area contributed by atoms with E-state index in [-0.39, 0.29) is 5.92 Å². The molecule has 0 N–H and O–H groups in total. The van der Waals surface area contributed by atoms with Crippen molar-refractivity contribution in [3.8, 4) is 0 Å². The van der Waals surface area contributed by atoms with Crippen LogP contribution < -0.4 is 0 Å². The van der Waals surface area contributed by atoms with Gasteiger partial charge in [0, 0.05) is 30.4 Å². The van der Waals surface area contributed by atoms with E-state index in [1.165, 1.54) is 11.3 Å². The highest BCUT2D eigenvalue weighted by molar-refractivity contribution is 7.97. The Morgan fingerprint density at radius 1 is 0.970 bits per heavy atom. The van der Waals surface area contributed by atoms with Crippen molar-refractivity contribution in [1.82, 2.24) is 14.1 Å². The minimum atomic E-state index is 0.243. The van der Waals surface area contributed by atoms with Crippen molar-refractivity contribution in [1.29, 1.82) is 0 Å². The van der Waals surface area contributed by atoms with Crippen LogP contribution in [-0.2, 0) is 4.79 Å². The molecule has 0 radical (unpaired) electrons. The minimum Gasteiger partial charge on any atom is -0.343 e. The molecule has 1 fully saturated rings. The number of rotatable bonds is 10. The van der Waals surface area contributed by atoms with Crippen LogP contribution in [0.1, 0.15) is 40.0 Å². The highest BCUT2D eigenvalue weighted by atomic mass is 32.2. The molecule has 2 aromatic carbocycles. The highest BCUT2D eigenvalue weighted by Crippen LogP contribution is 2.23. The van der Waals surface area contributed by atoms with E-state index in [4.69, 9.17) is 0 Å². The van der Waals surface area contributed by atoms with Gasteiger partial charge in [-0.2, -0.15) is 0 Å². The summed E-state index contributed by atoms with van der Waals surface area (Å²) in [4.78, 5) is 18.3. The third-order valence-corrected chi connectivity index (χ3v) is 7.13. The van der Waals surface area contributed by atoms with Crippen molar-refractivity contribution in [3.05, 3.63) is 66.7 Å². The molecule has 1 heterocycles. The Bertz CT molecular complexity index is 720. The number of benzene rings is 2. The van der Waals surface area contributed by atoms with Gasteiger partial charge >= 0.3 is 0 Å². The van der Waals surface area contributed by atoms with E-state index >= 15 is 0 Å². The van der Waals surface area contributed by atoms with Gasteiger partial charge < -0.3 is 9.80 Å². The van der Waals surface area contributed by atoms with Crippen molar-refractivity contribution >= 4 is 17.9 Å². The van der Waals surface area contributed by atoms with E-state index in [2.05, 4.69) is 67.4 Å². The fourth-order valence-electron chi connectivity index (χ4n) is 4.21. The fourth-order valence-corrected chi connectivity index (χ4v) is 5.18. The maximum absolute atomic E-state index is 12.5. The molecule has 0 saturated carbocycles. The summed E-state index contributed by atoms with van der Waals surface area (Å²) in [6.07, 6.45) is 3.26. The van der Waals surface area contributed by atoms with Crippen LogP contribution in [0.4, 0.5) is 0 Å². The maximum atomic E-state index is 12.5. The van der Waals surface area contributed by atoms with Crippen LogP contribution in [0.3, 0.4) is 0 Å². The minimum absolute atomic E-state index is 0.243. The van der Waals surface area contributed by atoms with Gasteiger partial charge in [0.1, 0.15) is 0 Å². The number of carbonyl (C=O) groups is 1. The van der Waals surface area contributed by atoms with Gasteiger partial charge in [-0.15, -0.1) is 0 Å². The first-order valence-electron chi connectivity index (χ1n) is 12.5. The molecule has 1 unspecified atom stereocenters. The van der Waals surface area contributed by atoms with E-state index < -0.39 is 0 Å². The van der Waals surface area contributed by atoms with Gasteiger partial charge in [0.25, 0.3) is 0 Å². The lowest BCUT2D eigenvalue weighted by atomic mass is 9.94. The lowest BCUT2D eigenvalue weighted by Crippen LogP contribution is -2.43. The predicted molar refractivity (Wildman–Crippen MR) is 142 cm³/mol. The summed E-state index contributed by atoms with van der Waals surface area (Å²) >= 11 is 1.82. The summed E-state index contributed by atoms with van der Waals surface area (Å²) in [5, 5.41) is 0. The molecule has 0 bridgehead atoms. The second-order valence-electron chi connectivity index (χ2n) is 8.89. The second kappa shape index (κ2) is 15.9. The molecule has 5 heteroatoms. The smallest absolute Gasteiger partial charge is 0.225 e. The molecule has 1 amide bonds. The molecule has 182 valence electrons. The Hall–Kier alpha value is -1.82. The van der Waals surface area contributed by atoms with E-state index in [0.717, 1.165) is 52.1 Å². The summed E-state index contributed by atoms with van der Waals surface area (Å²) in [5.41, 5.74) is 0. The first-order chi connectivity index (χ1) is 16.0. The largest absolute Gasteiger partial charge is 0.343 e. The third-order valence-electron chi connectivity index (χ3n) is 6.19. The molecule has 33 heavy (non-hydrogen) atoms. The van der Waals surface area contributed by atoms with Gasteiger partial charge in [-0.05, 0) is 89.8 Å². The van der Waals surface area contributed by atoms with Gasteiger partial charge in [0.05, 0.1) is 0 Å². The molecule has 1 aliphatic heterocycles. The molecule has 1 aliphatic rings. The molecule has 0 aromatic heterocycles. The van der Waals surface area contributed by atoms with Crippen LogP contribution in [0.5, 0.6) is 0 Å². The number of piperidine rings is 1. The van der Waals surface area contributed by atoms with Crippen LogP contribution in [-0.4, -0.2) is 66.3 Å². The zero-order valence-corrected chi connectivity index (χ0v) is 21.8. The maximum Gasteiger partial charge on any atom is 0.225 e. The molecule has 1 saturated heterocycles. The Labute approximate surface area is 206 Å². The lowest BCUT2D eigenvalue weighted by Gasteiger charge is -2.34. The normalized spacial score (nSPS) is 15.5. The van der Waals surface area contributed by atoms with Crippen LogP contribution >= 0.6 is 11.9 Å². The standard InChI is InChI=1S/C22H37N3OS.C6H6/c1-5-25(6-2)22(26)20-13-16-24(17-14-20)15-12-19(3)18-23(4)27-21-10-8-7-9-11-21;1-2-4-6-5-3-1/h7-11,19-20H,5-6,12-18H2,1-4H3;1-6H. The molecular weight excluding hydrogens is 426 g/mol. The van der Waals surface area contributed by atoms with Crippen LogP contribution in [0, 0.1) is 11.8 Å². The summed E-state index contributed by atoms with van der Waals surface area (Å²) in [6, 6.07) is 22.6. The van der Waals surface area contributed by atoms with Gasteiger partial charge in [0.15, 0.2) is 0 Å². The molecule has 3 rings (SSSR count). The van der Waals surface area contributed by atoms with Crippen LogP contribution in [0.2, 0.25) is 0 Å². The van der Waals surface area contributed by atoms with E-state index in [0.29, 0.717) is 11.8 Å². The van der Waals surface area contributed by atoms with Crippen molar-refractivity contribution < 1.29 is 4.79 Å². The van der Waals surface area contributed by atoms with E-state index in [9.17, 15) is 4.79 Å². The van der Waals surface area contributed by atoms with Crippen molar-refractivity contribution in [2.24, 2.45) is 11.8 Å². The number of nitrogens with zero attached hydrogens (tertiary/aromatic N) is 3. The van der Waals surface area contributed by atoms with Gasteiger partial charge in [-0.3, -0.25) is 4.79 Å². The SMILES string of the molecule is CCN(CC)C(=O)C1CCN(CCC(C)CN(C)Sc2ccccc2)CC1.c1ccccc1. The molecular formula is C28H43N3OS. The van der Waals surface area contributed by atoms with Crippen molar-refractivity contribution in [2.75, 3.05) is 46.3 Å². The number of amides is 1. The summed E-state index contributed by atoms with van der Waals surface area (Å²) in [7, 11) is 2.18. The Balaban J connectivity index is 0.000000554. The second-order valence-corrected chi connectivity index (χ2v) is 10.2. The van der Waals surface area contributed by atoms with Gasteiger partial charge in [-0.25, -0.2) is 4.31 Å². The summed E-state index contributed by atoms with van der Waals surface area (Å²) in [5.74, 6) is 1.28. The topological polar surface area (TPSA) is 26.8 Å². The first-order valence-corrected chi connectivity index (χ1v) is 13.3. The van der Waals surface area contributed by atoms with Crippen LogP contribution in [0.15, 0.2) is 71.6 Å². The number of carbonyl (C=O) groups excluding carboxylic acids is 1. The molecule has 2 aromatic rings. The Morgan fingerprint density at radius 3 is 2.00 bits per heavy atom. The van der Waals surface area contributed by atoms with Crippen molar-refractivity contribution in [2.45, 2.75) is 44.9 Å². The molecule has 0 aliphatic carbocycles. The molecule has 4 nitrogen and oxygen atoms in total. The van der Waals surface area contributed by atoms with E-state index in [1.807, 2.05) is 53.2 Å². The first kappa shape index (κ1) is 27.4. The Morgan fingerprint density at radius 2 is 1.48 bits per heavy atom. The number of likely N-dealkylation sites (tertiary alicyclic amines) is 1. The molecule has 1 atom stereocenters. The quantitative estimate of drug-likeness (QED) is 0.404. The highest BCUT2D eigenvalue weighted by Gasteiger charge is 2.27. The zero-order valence-electron chi connectivity index (χ0n) is 21.0. The van der Waals surface area contributed by atoms with Crippen molar-refractivity contribution in [3.63, 3.8) is 0 Å². The summed E-state index contributed by atoms with van der Waals surface area (Å²) < 4.78 is 2.34. The average Bonchev–Trinajstić information content (AvgIpc) is 2.86. The number of hydrogen-bond donors (Lipinski definition) is 0. The van der Waals surface area contributed by atoms with E-state index in [1.54, 1.807) is 0 Å². The number of hydrogen-bond acceptors (Lipinski definition) is 4.